The Balaban J connectivity index is 0.000000231. The van der Waals surface area contributed by atoms with Gasteiger partial charge in [-0.3, -0.25) is 4.98 Å². The number of imidazole rings is 1. The third-order valence-corrected chi connectivity index (χ3v) is 14.0. The smallest absolute Gasteiger partial charge is 0.0798 e. The third-order valence-electron chi connectivity index (χ3n) is 12.0. The molecule has 0 saturated carbocycles. The first-order chi connectivity index (χ1) is 32.6. The molecule has 6 heteroatoms. The average molecular weight is 1050 g/mol. The van der Waals surface area contributed by atoms with Gasteiger partial charge in [0, 0.05) is 50.0 Å². The van der Waals surface area contributed by atoms with Crippen LogP contribution in [0.5, 0.6) is 0 Å². The predicted molar refractivity (Wildman–Crippen MR) is 277 cm³/mol. The van der Waals surface area contributed by atoms with Crippen molar-refractivity contribution in [2.24, 2.45) is 5.92 Å². The molecule has 0 bridgehead atoms. The molecule has 0 aliphatic carbocycles. The molecule has 9 aromatic rings. The van der Waals surface area contributed by atoms with E-state index in [0.29, 0.717) is 34.6 Å². The normalized spacial score (nSPS) is 13.4. The molecule has 6 aromatic carbocycles. The molecule has 0 amide bonds. The van der Waals surface area contributed by atoms with Gasteiger partial charge in [-0.05, 0) is 98.9 Å². The van der Waals surface area contributed by atoms with E-state index in [1.54, 1.807) is 18.3 Å². The van der Waals surface area contributed by atoms with Gasteiger partial charge < -0.3 is 14.1 Å². The van der Waals surface area contributed by atoms with Crippen LogP contribution in [0.2, 0.25) is 19.6 Å². The number of fused-ring (bicyclic) bond motifs is 4. The maximum atomic E-state index is 8.59. The average Bonchev–Trinajstić information content (AvgIpc) is 3.86. The van der Waals surface area contributed by atoms with Crippen LogP contribution in [0, 0.1) is 24.9 Å². The number of hydrogen-bond donors (Lipinski definition) is 0. The van der Waals surface area contributed by atoms with Crippen molar-refractivity contribution >= 4 is 46.1 Å². The molecule has 0 atom stereocenters. The number of nitrogens with zero attached hydrogens (tertiary/aromatic N) is 4. The van der Waals surface area contributed by atoms with Gasteiger partial charge in [0.15, 0.2) is 0 Å². The van der Waals surface area contributed by atoms with E-state index in [9.17, 15) is 0 Å². The second-order valence-corrected chi connectivity index (χ2v) is 24.3. The van der Waals surface area contributed by atoms with Crippen LogP contribution >= 0.6 is 0 Å². The fourth-order valence-corrected chi connectivity index (χ4v) is 10.1. The van der Waals surface area contributed by atoms with E-state index in [1.165, 1.54) is 44.7 Å². The van der Waals surface area contributed by atoms with Gasteiger partial charge in [0.05, 0.1) is 24.9 Å². The number of benzene rings is 6. The molecule has 0 saturated heterocycles. The van der Waals surface area contributed by atoms with Crippen LogP contribution < -0.4 is 5.19 Å². The molecule has 0 unspecified atom stereocenters. The summed E-state index contributed by atoms with van der Waals surface area (Å²) < 4.78 is 44.3. The first kappa shape index (κ1) is 41.1. The minimum atomic E-state index is -2.16. The first-order valence-corrected chi connectivity index (χ1v) is 26.3. The third kappa shape index (κ3) is 9.77. The molecule has 0 aliphatic heterocycles. The molecule has 3 aromatic heterocycles. The number of aromatic nitrogens is 4. The van der Waals surface area contributed by atoms with Crippen LogP contribution in [0.1, 0.15) is 108 Å². The van der Waals surface area contributed by atoms with E-state index in [1.807, 2.05) is 19.9 Å². The Bertz CT molecular complexity index is 3260. The minimum Gasteiger partial charge on any atom is -0.351 e. The van der Waals surface area contributed by atoms with Crippen molar-refractivity contribution in [2.45, 2.75) is 106 Å². The Morgan fingerprint density at radius 2 is 1.34 bits per heavy atom. The Morgan fingerprint density at radius 1 is 0.646 bits per heavy atom. The molecule has 0 aliphatic rings. The van der Waals surface area contributed by atoms with E-state index in [4.69, 9.17) is 11.8 Å². The predicted octanol–water partition coefficient (Wildman–Crippen LogP) is 15.6. The van der Waals surface area contributed by atoms with Crippen LogP contribution in [-0.4, -0.2) is 27.2 Å². The van der Waals surface area contributed by atoms with Gasteiger partial charge in [0.25, 0.3) is 0 Å². The standard InChI is InChI=1S/C40H38N3.C19H26NSi.Ir/c1-25(2)28-19-21-33-34-23-29(20-22-36(34)42(38(33)24-28)30-13-8-7-9-14-30)40-41-35-17-10-11-18-37(35)43(40)39-31(26(3)4)15-12-16-32(39)27(5)6;1-14(2)11-17-12-18(16-9-7-15(3)8-10-16)20-13-19(17)21(4,5)6;/h7-19,21-27H,1-6H3;7-9,12-14H,11H2,1-6H3;/q2*-1;/i;3D3,11D2;. The van der Waals surface area contributed by atoms with E-state index >= 15 is 0 Å². The molecule has 65 heavy (non-hydrogen) atoms. The second kappa shape index (κ2) is 19.6. The van der Waals surface area contributed by atoms with Crippen molar-refractivity contribution in [2.75, 3.05) is 0 Å². The van der Waals surface area contributed by atoms with Gasteiger partial charge in [-0.1, -0.05) is 160 Å². The quantitative estimate of drug-likeness (QED) is 0.101. The van der Waals surface area contributed by atoms with Crippen molar-refractivity contribution in [3.8, 4) is 34.0 Å². The molecule has 9 rings (SSSR count). The molecular formula is C59H64IrN4Si-2. The number of rotatable bonds is 10. The molecule has 0 spiro atoms. The summed E-state index contributed by atoms with van der Waals surface area (Å²) in [6.07, 6.45) is 0.328. The van der Waals surface area contributed by atoms with Crippen molar-refractivity contribution < 1.29 is 27.0 Å². The van der Waals surface area contributed by atoms with Crippen molar-refractivity contribution in [1.29, 1.82) is 0 Å². The van der Waals surface area contributed by atoms with Crippen molar-refractivity contribution in [1.82, 2.24) is 19.1 Å². The van der Waals surface area contributed by atoms with Crippen molar-refractivity contribution in [3.05, 3.63) is 174 Å². The summed E-state index contributed by atoms with van der Waals surface area (Å²) in [5, 5.41) is 3.47. The summed E-state index contributed by atoms with van der Waals surface area (Å²) in [5.41, 5.74) is 14.1. The van der Waals surface area contributed by atoms with E-state index in [0.717, 1.165) is 38.8 Å². The Labute approximate surface area is 409 Å². The molecule has 0 fully saturated rings. The fourth-order valence-electron chi connectivity index (χ4n) is 8.74. The summed E-state index contributed by atoms with van der Waals surface area (Å²) in [6.45, 7) is 21.8. The second-order valence-electron chi connectivity index (χ2n) is 19.3. The van der Waals surface area contributed by atoms with Crippen LogP contribution in [0.15, 0.2) is 134 Å². The number of para-hydroxylation sites is 4. The van der Waals surface area contributed by atoms with Crippen molar-refractivity contribution in [3.63, 3.8) is 0 Å². The molecule has 335 valence electrons. The zero-order chi connectivity index (χ0) is 49.7. The van der Waals surface area contributed by atoms with Crippen LogP contribution in [0.3, 0.4) is 0 Å². The van der Waals surface area contributed by atoms with E-state index in [-0.39, 0.29) is 31.6 Å². The zero-order valence-corrected chi connectivity index (χ0v) is 43.0. The SMILES string of the molecule is CC(C)c1ccc2c3cc(-c4nc5ccccc5n4-c4c(C(C)C)cccc4C(C)C)[c-]cc3n(-c3ccccc3)c2c1.[2H]C([2H])([2H])c1c[c-]c(-c2cc(C([2H])([2H])C(C)C)c([Si](C)(C)C)cn2)cc1.[Ir]. The van der Waals surface area contributed by atoms with E-state index < -0.39 is 21.3 Å². The fraction of sp³-hybridized carbons (Fsp3) is 0.288. The summed E-state index contributed by atoms with van der Waals surface area (Å²) in [7, 11) is -1.78. The van der Waals surface area contributed by atoms with Crippen LogP contribution in [0.25, 0.3) is 66.9 Å². The van der Waals surface area contributed by atoms with Gasteiger partial charge in [0.1, 0.15) is 0 Å². The topological polar surface area (TPSA) is 35.6 Å². The zero-order valence-electron chi connectivity index (χ0n) is 44.6. The first-order valence-electron chi connectivity index (χ1n) is 25.3. The minimum absolute atomic E-state index is 0. The Hall–Kier alpha value is -5.39. The Morgan fingerprint density at radius 3 is 1.97 bits per heavy atom. The summed E-state index contributed by atoms with van der Waals surface area (Å²) in [4.78, 5) is 9.81. The Kier molecular flexibility index (Phi) is 12.4. The summed E-state index contributed by atoms with van der Waals surface area (Å²) in [5.74, 6) is 1.94. The largest absolute Gasteiger partial charge is 0.351 e. The number of aryl methyl sites for hydroxylation is 1. The maximum Gasteiger partial charge on any atom is 0.0798 e. The number of hydrogen-bond acceptors (Lipinski definition) is 2. The number of pyridine rings is 1. The summed E-state index contributed by atoms with van der Waals surface area (Å²) >= 11 is 0. The van der Waals surface area contributed by atoms with Gasteiger partial charge >= 0.3 is 0 Å². The molecular weight excluding hydrogens is 985 g/mol. The molecule has 3 heterocycles. The van der Waals surface area contributed by atoms with Crippen LogP contribution in [0.4, 0.5) is 0 Å². The van der Waals surface area contributed by atoms with Crippen LogP contribution in [-0.2, 0) is 26.5 Å². The maximum absolute atomic E-state index is 8.59. The molecule has 0 N–H and O–H groups in total. The van der Waals surface area contributed by atoms with Gasteiger partial charge in [-0.25, -0.2) is 0 Å². The molecule has 4 nitrogen and oxygen atoms in total. The summed E-state index contributed by atoms with van der Waals surface area (Å²) in [6, 6.07) is 50.5. The van der Waals surface area contributed by atoms with E-state index in [2.05, 4.69) is 191 Å². The molecule has 1 radical (unpaired) electrons. The van der Waals surface area contributed by atoms with Gasteiger partial charge in [0.2, 0.25) is 0 Å². The monoisotopic (exact) mass is 1050 g/mol. The van der Waals surface area contributed by atoms with Gasteiger partial charge in [-0.2, -0.15) is 0 Å². The van der Waals surface area contributed by atoms with Gasteiger partial charge in [-0.15, -0.1) is 59.2 Å².